The first-order valence-corrected chi connectivity index (χ1v) is 8.28. The molecule has 3 aromatic rings. The van der Waals surface area contributed by atoms with Gasteiger partial charge in [-0.25, -0.2) is 9.78 Å². The maximum absolute atomic E-state index is 13.0. The van der Waals surface area contributed by atoms with E-state index in [0.29, 0.717) is 33.8 Å². The fourth-order valence-corrected chi connectivity index (χ4v) is 3.01. The predicted molar refractivity (Wildman–Crippen MR) is 97.6 cm³/mol. The lowest BCUT2D eigenvalue weighted by atomic mass is 10.00. The van der Waals surface area contributed by atoms with E-state index in [1.165, 1.54) is 0 Å². The van der Waals surface area contributed by atoms with Gasteiger partial charge in [-0.2, -0.15) is 0 Å². The van der Waals surface area contributed by atoms with Crippen LogP contribution in [0.15, 0.2) is 48.5 Å². The van der Waals surface area contributed by atoms with Crippen LogP contribution in [-0.2, 0) is 4.79 Å². The predicted octanol–water partition coefficient (Wildman–Crippen LogP) is 3.62. The monoisotopic (exact) mass is 336 g/mol. The van der Waals surface area contributed by atoms with Gasteiger partial charge in [-0.3, -0.25) is 4.79 Å². The van der Waals surface area contributed by atoms with Gasteiger partial charge < -0.3 is 10.4 Å². The molecule has 0 aliphatic carbocycles. The van der Waals surface area contributed by atoms with Crippen LogP contribution in [0.3, 0.4) is 0 Å². The molecule has 5 heteroatoms. The zero-order chi connectivity index (χ0) is 18.0. The van der Waals surface area contributed by atoms with Gasteiger partial charge in [0.15, 0.2) is 0 Å². The first kappa shape index (κ1) is 16.9. The van der Waals surface area contributed by atoms with Gasteiger partial charge in [0.25, 0.3) is 5.91 Å². The third-order valence-corrected chi connectivity index (χ3v) is 4.13. The summed E-state index contributed by atoms with van der Waals surface area (Å²) in [5.74, 6) is -1.25. The molecule has 0 radical (unpaired) electrons. The van der Waals surface area contributed by atoms with Crippen LogP contribution in [0, 0.1) is 5.92 Å². The molecule has 0 saturated carbocycles. The van der Waals surface area contributed by atoms with Gasteiger partial charge in [-0.15, -0.1) is 0 Å². The number of pyridine rings is 1. The second-order valence-corrected chi connectivity index (χ2v) is 6.51. The second kappa shape index (κ2) is 6.89. The highest BCUT2D eigenvalue weighted by Gasteiger charge is 2.24. The van der Waals surface area contributed by atoms with Gasteiger partial charge in [0.2, 0.25) is 0 Å². The van der Waals surface area contributed by atoms with E-state index in [1.807, 2.05) is 62.4 Å². The van der Waals surface area contributed by atoms with Crippen molar-refractivity contribution >= 4 is 33.7 Å². The van der Waals surface area contributed by atoms with Crippen LogP contribution in [-0.4, -0.2) is 28.0 Å². The van der Waals surface area contributed by atoms with Gasteiger partial charge in [-0.05, 0) is 24.5 Å². The van der Waals surface area contributed by atoms with E-state index < -0.39 is 12.0 Å². The number of aliphatic carboxylic acids is 1. The summed E-state index contributed by atoms with van der Waals surface area (Å²) in [5, 5.41) is 13.5. The van der Waals surface area contributed by atoms with Crippen molar-refractivity contribution in [3.8, 4) is 0 Å². The van der Waals surface area contributed by atoms with Crippen LogP contribution in [0.4, 0.5) is 0 Å². The van der Waals surface area contributed by atoms with Crippen LogP contribution in [0.25, 0.3) is 21.8 Å². The Morgan fingerprint density at radius 2 is 1.52 bits per heavy atom. The summed E-state index contributed by atoms with van der Waals surface area (Å²) in [7, 11) is 0. The Hall–Kier alpha value is -2.95. The zero-order valence-corrected chi connectivity index (χ0v) is 14.2. The number of carbonyl (C=O) groups is 2. The van der Waals surface area contributed by atoms with Crippen molar-refractivity contribution < 1.29 is 14.7 Å². The molecule has 2 N–H and O–H groups in total. The lowest BCUT2D eigenvalue weighted by Gasteiger charge is -2.18. The summed E-state index contributed by atoms with van der Waals surface area (Å²) < 4.78 is 0. The number of aromatic nitrogens is 1. The van der Waals surface area contributed by atoms with Gasteiger partial charge >= 0.3 is 5.97 Å². The van der Waals surface area contributed by atoms with E-state index in [4.69, 9.17) is 0 Å². The number of nitrogens with one attached hydrogen (secondary N) is 1. The zero-order valence-electron chi connectivity index (χ0n) is 14.2. The molecule has 2 aromatic carbocycles. The smallest absolute Gasteiger partial charge is 0.326 e. The molecule has 1 aromatic heterocycles. The van der Waals surface area contributed by atoms with Crippen molar-refractivity contribution in [1.82, 2.24) is 10.3 Å². The number of fused-ring (bicyclic) bond motifs is 2. The average Bonchev–Trinajstić information content (AvgIpc) is 2.58. The van der Waals surface area contributed by atoms with Crippen molar-refractivity contribution in [1.29, 1.82) is 0 Å². The molecular formula is C20H20N2O3. The van der Waals surface area contributed by atoms with Gasteiger partial charge in [-0.1, -0.05) is 50.2 Å². The fourth-order valence-electron chi connectivity index (χ4n) is 3.01. The highest BCUT2D eigenvalue weighted by atomic mass is 16.4. The van der Waals surface area contributed by atoms with Gasteiger partial charge in [0, 0.05) is 10.8 Å². The third kappa shape index (κ3) is 3.45. The minimum absolute atomic E-state index is 0.160. The molecule has 0 saturated heterocycles. The quantitative estimate of drug-likeness (QED) is 0.698. The molecule has 3 rings (SSSR count). The normalized spacial score (nSPS) is 12.4. The first-order chi connectivity index (χ1) is 12.0. The van der Waals surface area contributed by atoms with Crippen molar-refractivity contribution in [3.05, 3.63) is 54.1 Å². The number of hydrogen-bond acceptors (Lipinski definition) is 3. The summed E-state index contributed by atoms with van der Waals surface area (Å²) >= 11 is 0. The van der Waals surface area contributed by atoms with Crippen LogP contribution in [0.5, 0.6) is 0 Å². The Labute approximate surface area is 145 Å². The molecule has 1 heterocycles. The van der Waals surface area contributed by atoms with Gasteiger partial charge in [0.05, 0.1) is 16.6 Å². The number of amides is 1. The highest BCUT2D eigenvalue weighted by Crippen LogP contribution is 2.26. The second-order valence-electron chi connectivity index (χ2n) is 6.51. The Morgan fingerprint density at radius 1 is 1.00 bits per heavy atom. The number of nitrogens with zero attached hydrogens (tertiary/aromatic N) is 1. The maximum atomic E-state index is 13.0. The van der Waals surface area contributed by atoms with Crippen molar-refractivity contribution in [2.45, 2.75) is 26.3 Å². The SMILES string of the molecule is CC(C)C[C@H](NC(=O)c1c2ccccc2nc2ccccc12)C(=O)O. The first-order valence-electron chi connectivity index (χ1n) is 8.28. The standard InChI is InChI=1S/C20H20N2O3/c1-12(2)11-17(20(24)25)22-19(23)18-13-7-3-5-9-15(13)21-16-10-6-4-8-14(16)18/h3-10,12,17H,11H2,1-2H3,(H,22,23)(H,24,25)/t17-/m0/s1. The Morgan fingerprint density at radius 3 is 2.00 bits per heavy atom. The van der Waals surface area contributed by atoms with Crippen molar-refractivity contribution in [2.75, 3.05) is 0 Å². The number of carbonyl (C=O) groups excluding carboxylic acids is 1. The number of carboxylic acids is 1. The third-order valence-electron chi connectivity index (χ3n) is 4.13. The van der Waals surface area contributed by atoms with E-state index in [2.05, 4.69) is 10.3 Å². The van der Waals surface area contributed by atoms with Crippen LogP contribution in [0.2, 0.25) is 0 Å². The Bertz CT molecular complexity index is 896. The summed E-state index contributed by atoms with van der Waals surface area (Å²) in [5.41, 5.74) is 1.89. The molecule has 1 atom stereocenters. The largest absolute Gasteiger partial charge is 0.480 e. The Balaban J connectivity index is 2.11. The van der Waals surface area contributed by atoms with E-state index in [0.717, 1.165) is 0 Å². The molecule has 128 valence electrons. The van der Waals surface area contributed by atoms with E-state index in [9.17, 15) is 14.7 Å². The van der Waals surface area contributed by atoms with Gasteiger partial charge in [0.1, 0.15) is 6.04 Å². The van der Waals surface area contributed by atoms with E-state index in [1.54, 1.807) is 0 Å². The molecule has 0 fully saturated rings. The van der Waals surface area contributed by atoms with Crippen molar-refractivity contribution in [3.63, 3.8) is 0 Å². The maximum Gasteiger partial charge on any atom is 0.326 e. The molecule has 0 bridgehead atoms. The molecular weight excluding hydrogens is 316 g/mol. The summed E-state index contributed by atoms with van der Waals surface area (Å²) in [6.45, 7) is 3.86. The summed E-state index contributed by atoms with van der Waals surface area (Å²) in [6, 6.07) is 13.9. The molecule has 0 aliphatic heterocycles. The van der Waals surface area contributed by atoms with E-state index >= 15 is 0 Å². The molecule has 0 aliphatic rings. The van der Waals surface area contributed by atoms with Crippen LogP contribution in [0.1, 0.15) is 30.6 Å². The Kier molecular flexibility index (Phi) is 4.65. The number of rotatable bonds is 5. The van der Waals surface area contributed by atoms with Crippen LogP contribution < -0.4 is 5.32 Å². The molecule has 0 spiro atoms. The average molecular weight is 336 g/mol. The summed E-state index contributed by atoms with van der Waals surface area (Å²) in [6.07, 6.45) is 0.377. The minimum Gasteiger partial charge on any atom is -0.480 e. The molecule has 5 nitrogen and oxygen atoms in total. The minimum atomic E-state index is -1.02. The fraction of sp³-hybridized carbons (Fsp3) is 0.250. The number of carboxylic acid groups (broad SMARTS) is 1. The molecule has 1 amide bonds. The number of para-hydroxylation sites is 2. The van der Waals surface area contributed by atoms with Crippen molar-refractivity contribution in [2.24, 2.45) is 5.92 Å². The number of benzene rings is 2. The topological polar surface area (TPSA) is 79.3 Å². The molecule has 0 unspecified atom stereocenters. The lowest BCUT2D eigenvalue weighted by Crippen LogP contribution is -2.41. The lowest BCUT2D eigenvalue weighted by molar-refractivity contribution is -0.139. The molecule has 25 heavy (non-hydrogen) atoms. The summed E-state index contributed by atoms with van der Waals surface area (Å²) in [4.78, 5) is 29.1. The van der Waals surface area contributed by atoms with E-state index in [-0.39, 0.29) is 11.8 Å². The highest BCUT2D eigenvalue weighted by molar-refractivity contribution is 6.16. The number of hydrogen-bond donors (Lipinski definition) is 2. The van der Waals surface area contributed by atoms with Crippen LogP contribution >= 0.6 is 0 Å².